The molecule has 4 rings (SSSR count). The maximum atomic E-state index is 12.7. The van der Waals surface area contributed by atoms with Gasteiger partial charge in [-0.3, -0.25) is 0 Å². The van der Waals surface area contributed by atoms with E-state index in [0.29, 0.717) is 6.54 Å². The van der Waals surface area contributed by atoms with Crippen LogP contribution in [0.3, 0.4) is 0 Å². The smallest absolute Gasteiger partial charge is 0.321 e. The van der Waals surface area contributed by atoms with Crippen molar-refractivity contribution in [3.05, 3.63) is 42.7 Å². The number of carbonyl (C=O) groups is 1. The largest absolute Gasteiger partial charge is 0.464 e. The molecule has 2 aromatic rings. The predicted octanol–water partition coefficient (Wildman–Crippen LogP) is 3.67. The normalized spacial score (nSPS) is 21.2. The third-order valence-corrected chi connectivity index (χ3v) is 5.24. The summed E-state index contributed by atoms with van der Waals surface area (Å²) >= 11 is 0. The van der Waals surface area contributed by atoms with Crippen molar-refractivity contribution in [3.8, 4) is 11.3 Å². The summed E-state index contributed by atoms with van der Waals surface area (Å²) in [6, 6.07) is 11.5. The number of anilines is 1. The maximum Gasteiger partial charge on any atom is 0.321 e. The summed E-state index contributed by atoms with van der Waals surface area (Å²) in [7, 11) is 0. The van der Waals surface area contributed by atoms with Crippen LogP contribution in [0, 0.1) is 0 Å². The van der Waals surface area contributed by atoms with Crippen LogP contribution in [0.2, 0.25) is 0 Å². The van der Waals surface area contributed by atoms with E-state index in [2.05, 4.69) is 10.2 Å². The van der Waals surface area contributed by atoms with Gasteiger partial charge in [0, 0.05) is 37.5 Å². The molecule has 0 unspecified atom stereocenters. The molecular weight excluding hydrogens is 342 g/mol. The summed E-state index contributed by atoms with van der Waals surface area (Å²) < 4.78 is 11.4. The van der Waals surface area contributed by atoms with Gasteiger partial charge in [0.1, 0.15) is 5.76 Å². The van der Waals surface area contributed by atoms with Gasteiger partial charge in [0.15, 0.2) is 0 Å². The van der Waals surface area contributed by atoms with E-state index >= 15 is 0 Å². The van der Waals surface area contributed by atoms with Crippen LogP contribution < -0.4 is 5.32 Å². The third-order valence-electron chi connectivity index (χ3n) is 5.24. The Bertz CT molecular complexity index is 724. The van der Waals surface area contributed by atoms with Gasteiger partial charge in [-0.2, -0.15) is 0 Å². The van der Waals surface area contributed by atoms with E-state index in [0.717, 1.165) is 56.2 Å². The zero-order valence-electron chi connectivity index (χ0n) is 15.6. The van der Waals surface area contributed by atoms with E-state index in [1.807, 2.05) is 41.3 Å². The summed E-state index contributed by atoms with van der Waals surface area (Å²) in [5.41, 5.74) is 1.78. The van der Waals surface area contributed by atoms with Crippen LogP contribution in [0.5, 0.6) is 0 Å². The van der Waals surface area contributed by atoms with Gasteiger partial charge in [-0.05, 0) is 68.8 Å². The Labute approximate surface area is 160 Å². The molecule has 1 N–H and O–H groups in total. The van der Waals surface area contributed by atoms with Crippen molar-refractivity contribution in [1.29, 1.82) is 0 Å². The van der Waals surface area contributed by atoms with Gasteiger partial charge >= 0.3 is 6.03 Å². The summed E-state index contributed by atoms with van der Waals surface area (Å²) in [5, 5.41) is 3.01. The van der Waals surface area contributed by atoms with Crippen LogP contribution in [0.4, 0.5) is 10.5 Å². The lowest BCUT2D eigenvalue weighted by Gasteiger charge is -2.27. The van der Waals surface area contributed by atoms with Crippen molar-refractivity contribution in [2.24, 2.45) is 0 Å². The number of nitrogens with one attached hydrogen (secondary N) is 1. The Balaban J connectivity index is 1.34. The number of hydrogen-bond acceptors (Lipinski definition) is 4. The van der Waals surface area contributed by atoms with Gasteiger partial charge < -0.3 is 24.3 Å². The fourth-order valence-corrected chi connectivity index (χ4v) is 3.81. The lowest BCUT2D eigenvalue weighted by Crippen LogP contribution is -2.43. The van der Waals surface area contributed by atoms with Crippen molar-refractivity contribution in [3.63, 3.8) is 0 Å². The first-order chi connectivity index (χ1) is 13.3. The Morgan fingerprint density at radius 3 is 2.63 bits per heavy atom. The molecule has 0 saturated carbocycles. The number of likely N-dealkylation sites (tertiary alicyclic amines) is 1. The molecule has 2 aliphatic rings. The van der Waals surface area contributed by atoms with E-state index in [9.17, 15) is 4.79 Å². The number of rotatable bonds is 4. The van der Waals surface area contributed by atoms with Gasteiger partial charge in [-0.25, -0.2) is 4.79 Å². The molecule has 6 heteroatoms. The van der Waals surface area contributed by atoms with Gasteiger partial charge in [0.05, 0.1) is 12.4 Å². The fraction of sp³-hybridized carbons (Fsp3) is 0.476. The van der Waals surface area contributed by atoms with Gasteiger partial charge in [0.2, 0.25) is 0 Å². The van der Waals surface area contributed by atoms with Crippen LogP contribution >= 0.6 is 0 Å². The van der Waals surface area contributed by atoms with E-state index in [1.165, 1.54) is 12.8 Å². The highest BCUT2D eigenvalue weighted by Crippen LogP contribution is 2.22. The maximum absolute atomic E-state index is 12.7. The number of amides is 2. The lowest BCUT2D eigenvalue weighted by atomic mass is 10.1. The number of ether oxygens (including phenoxy) is 1. The molecule has 2 amide bonds. The molecule has 0 bridgehead atoms. The second-order valence-electron chi connectivity index (χ2n) is 7.28. The molecule has 3 heterocycles. The molecule has 6 nitrogen and oxygen atoms in total. The molecule has 144 valence electrons. The number of benzene rings is 1. The molecule has 1 aromatic carbocycles. The summed E-state index contributed by atoms with van der Waals surface area (Å²) in [6.07, 6.45) is 5.17. The molecule has 2 fully saturated rings. The molecule has 2 aliphatic heterocycles. The molecule has 2 saturated heterocycles. The van der Waals surface area contributed by atoms with Crippen molar-refractivity contribution in [1.82, 2.24) is 9.80 Å². The molecular formula is C21H27N3O3. The summed E-state index contributed by atoms with van der Waals surface area (Å²) in [6.45, 7) is 5.31. The van der Waals surface area contributed by atoms with E-state index in [-0.39, 0.29) is 12.1 Å². The highest BCUT2D eigenvalue weighted by Gasteiger charge is 2.25. The van der Waals surface area contributed by atoms with Crippen molar-refractivity contribution >= 4 is 11.7 Å². The third kappa shape index (κ3) is 4.70. The van der Waals surface area contributed by atoms with E-state index < -0.39 is 0 Å². The molecule has 1 atom stereocenters. The molecule has 0 aliphatic carbocycles. The predicted molar refractivity (Wildman–Crippen MR) is 105 cm³/mol. The molecule has 0 spiro atoms. The SMILES string of the molecule is O=C(Nc1ccc(-c2ccco2)cc1)N1CCCO[C@@H](CN2CCCC2)C1. The number of nitrogens with zero attached hydrogens (tertiary/aromatic N) is 2. The fourth-order valence-electron chi connectivity index (χ4n) is 3.81. The van der Waals surface area contributed by atoms with E-state index in [1.54, 1.807) is 6.26 Å². The van der Waals surface area contributed by atoms with Crippen molar-refractivity contribution in [2.75, 3.05) is 44.6 Å². The highest BCUT2D eigenvalue weighted by molar-refractivity contribution is 5.89. The second-order valence-corrected chi connectivity index (χ2v) is 7.28. The van der Waals surface area contributed by atoms with Crippen molar-refractivity contribution in [2.45, 2.75) is 25.4 Å². The Kier molecular flexibility index (Phi) is 5.75. The van der Waals surface area contributed by atoms with Gasteiger partial charge in [0.25, 0.3) is 0 Å². The first-order valence-electron chi connectivity index (χ1n) is 9.82. The minimum absolute atomic E-state index is 0.0577. The lowest BCUT2D eigenvalue weighted by molar-refractivity contribution is 0.0355. The second kappa shape index (κ2) is 8.59. The summed E-state index contributed by atoms with van der Waals surface area (Å²) in [5.74, 6) is 0.822. The molecule has 0 radical (unpaired) electrons. The first kappa shape index (κ1) is 18.1. The number of hydrogen-bond donors (Lipinski definition) is 1. The standard InChI is InChI=1S/C21H27N3O3/c25-21(22-18-8-6-17(7-9-18)20-5-3-13-27-20)24-12-4-14-26-19(16-24)15-23-10-1-2-11-23/h3,5-9,13,19H,1-2,4,10-12,14-16H2,(H,22,25)/t19-/m0/s1. The van der Waals surface area contributed by atoms with E-state index in [4.69, 9.17) is 9.15 Å². The van der Waals surface area contributed by atoms with Crippen molar-refractivity contribution < 1.29 is 13.9 Å². The monoisotopic (exact) mass is 369 g/mol. The Morgan fingerprint density at radius 2 is 1.89 bits per heavy atom. The Hall–Kier alpha value is -2.31. The average Bonchev–Trinajstić information content (AvgIpc) is 3.34. The number of carbonyl (C=O) groups excluding carboxylic acids is 1. The van der Waals surface area contributed by atoms with Gasteiger partial charge in [-0.1, -0.05) is 0 Å². The zero-order chi connectivity index (χ0) is 18.5. The minimum Gasteiger partial charge on any atom is -0.464 e. The summed E-state index contributed by atoms with van der Waals surface area (Å²) in [4.78, 5) is 17.1. The number of furan rings is 1. The van der Waals surface area contributed by atoms with Crippen LogP contribution in [-0.4, -0.2) is 61.3 Å². The van der Waals surface area contributed by atoms with Crippen LogP contribution in [0.1, 0.15) is 19.3 Å². The topological polar surface area (TPSA) is 58.0 Å². The first-order valence-corrected chi connectivity index (χ1v) is 9.82. The zero-order valence-corrected chi connectivity index (χ0v) is 15.6. The van der Waals surface area contributed by atoms with Gasteiger partial charge in [-0.15, -0.1) is 0 Å². The highest BCUT2D eigenvalue weighted by atomic mass is 16.5. The Morgan fingerprint density at radius 1 is 1.07 bits per heavy atom. The quantitative estimate of drug-likeness (QED) is 0.893. The average molecular weight is 369 g/mol. The minimum atomic E-state index is -0.0577. The molecule has 27 heavy (non-hydrogen) atoms. The molecule has 1 aromatic heterocycles. The van der Waals surface area contributed by atoms with Crippen LogP contribution in [0.15, 0.2) is 47.1 Å². The number of urea groups is 1. The van der Waals surface area contributed by atoms with Crippen LogP contribution in [0.25, 0.3) is 11.3 Å². The van der Waals surface area contributed by atoms with Crippen LogP contribution in [-0.2, 0) is 4.74 Å².